The molecule has 1 saturated heterocycles. The van der Waals surface area contributed by atoms with E-state index in [2.05, 4.69) is 50.4 Å². The molecule has 0 saturated carbocycles. The molecule has 3 aromatic heterocycles. The molecule has 10 heteroatoms. The van der Waals surface area contributed by atoms with Crippen molar-refractivity contribution in [3.05, 3.63) is 90.4 Å². The number of piperazine rings is 1. The molecule has 1 N–H and O–H groups in total. The van der Waals surface area contributed by atoms with Gasteiger partial charge in [0.1, 0.15) is 0 Å². The summed E-state index contributed by atoms with van der Waals surface area (Å²) in [5.41, 5.74) is 4.98. The molecule has 2 aromatic carbocycles. The van der Waals surface area contributed by atoms with Crippen molar-refractivity contribution < 1.29 is 9.47 Å². The summed E-state index contributed by atoms with van der Waals surface area (Å²) >= 11 is 0. The maximum Gasteiger partial charge on any atom is 0.226 e. The summed E-state index contributed by atoms with van der Waals surface area (Å²) in [6.45, 7) is 5.16. The first-order valence-electron chi connectivity index (χ1n) is 13.3. The maximum absolute atomic E-state index is 5.46. The fourth-order valence-corrected chi connectivity index (χ4v) is 4.98. The Labute approximate surface area is 233 Å². The number of nitrogens with one attached hydrogen (secondary N) is 1. The topological polar surface area (TPSA) is 92.9 Å². The molecule has 0 bridgehead atoms. The zero-order valence-electron chi connectivity index (χ0n) is 22.7. The zero-order valence-corrected chi connectivity index (χ0v) is 22.7. The summed E-state index contributed by atoms with van der Waals surface area (Å²) in [5.74, 6) is 2.61. The first-order valence-corrected chi connectivity index (χ1v) is 13.3. The Hall–Kier alpha value is -4.70. The number of fused-ring (bicyclic) bond motifs is 1. The summed E-state index contributed by atoms with van der Waals surface area (Å²) in [6.07, 6.45) is 5.44. The number of hydrogen-bond donors (Lipinski definition) is 1. The number of nitrogens with zero attached hydrogens (tertiary/aromatic N) is 7. The number of para-hydroxylation sites is 1. The minimum atomic E-state index is 0.533. The lowest BCUT2D eigenvalue weighted by molar-refractivity contribution is 0.250. The third-order valence-electron chi connectivity index (χ3n) is 7.14. The van der Waals surface area contributed by atoms with E-state index >= 15 is 0 Å². The molecule has 4 heterocycles. The zero-order chi connectivity index (χ0) is 27.3. The largest absolute Gasteiger partial charge is 0.493 e. The molecule has 40 heavy (non-hydrogen) atoms. The van der Waals surface area contributed by atoms with Gasteiger partial charge >= 0.3 is 0 Å². The van der Waals surface area contributed by atoms with Gasteiger partial charge in [0.05, 0.1) is 14.2 Å². The summed E-state index contributed by atoms with van der Waals surface area (Å²) in [5, 5.41) is 8.26. The molecule has 10 nitrogen and oxygen atoms in total. The third kappa shape index (κ3) is 5.39. The van der Waals surface area contributed by atoms with Crippen molar-refractivity contribution in [1.82, 2.24) is 29.5 Å². The smallest absolute Gasteiger partial charge is 0.226 e. The van der Waals surface area contributed by atoms with Gasteiger partial charge < -0.3 is 19.7 Å². The van der Waals surface area contributed by atoms with Crippen molar-refractivity contribution >= 4 is 17.3 Å². The molecule has 6 rings (SSSR count). The van der Waals surface area contributed by atoms with Crippen LogP contribution in [0.25, 0.3) is 17.0 Å². The van der Waals surface area contributed by atoms with Crippen LogP contribution in [0.15, 0.2) is 79.3 Å². The predicted octanol–water partition coefficient (Wildman–Crippen LogP) is 4.14. The highest BCUT2D eigenvalue weighted by Crippen LogP contribution is 2.28. The second kappa shape index (κ2) is 11.6. The SMILES string of the molecule is COc1ccc(CNc2ncc(CN3CCN(c4ccccc4)CC3)c3nc(-c4cccnc4)nn23)cc1OC. The van der Waals surface area contributed by atoms with Gasteiger partial charge in [-0.25, -0.2) is 9.97 Å². The monoisotopic (exact) mass is 536 g/mol. The van der Waals surface area contributed by atoms with Crippen molar-refractivity contribution in [1.29, 1.82) is 0 Å². The third-order valence-corrected chi connectivity index (χ3v) is 7.14. The molecule has 1 fully saturated rings. The Kier molecular flexibility index (Phi) is 7.41. The molecule has 0 radical (unpaired) electrons. The van der Waals surface area contributed by atoms with E-state index in [1.54, 1.807) is 31.1 Å². The van der Waals surface area contributed by atoms with Gasteiger partial charge in [-0.1, -0.05) is 24.3 Å². The Morgan fingerprint density at radius 1 is 0.875 bits per heavy atom. The molecule has 204 valence electrons. The lowest BCUT2D eigenvalue weighted by atomic mass is 10.2. The molecule has 0 aliphatic carbocycles. The number of aromatic nitrogens is 5. The van der Waals surface area contributed by atoms with Crippen LogP contribution >= 0.6 is 0 Å². The summed E-state index contributed by atoms with van der Waals surface area (Å²) < 4.78 is 12.6. The van der Waals surface area contributed by atoms with Crippen molar-refractivity contribution in [3.63, 3.8) is 0 Å². The molecule has 1 aliphatic heterocycles. The van der Waals surface area contributed by atoms with Crippen LogP contribution in [0.2, 0.25) is 0 Å². The highest BCUT2D eigenvalue weighted by Gasteiger charge is 2.21. The lowest BCUT2D eigenvalue weighted by Gasteiger charge is -2.36. The minimum absolute atomic E-state index is 0.533. The Balaban J connectivity index is 1.24. The van der Waals surface area contributed by atoms with Gasteiger partial charge in [-0.15, -0.1) is 5.10 Å². The number of rotatable bonds is 9. The molecular weight excluding hydrogens is 504 g/mol. The molecular formula is C30H32N8O2. The second-order valence-electron chi connectivity index (χ2n) is 9.66. The van der Waals surface area contributed by atoms with E-state index in [-0.39, 0.29) is 0 Å². The summed E-state index contributed by atoms with van der Waals surface area (Å²) in [6, 6.07) is 20.3. The fourth-order valence-electron chi connectivity index (χ4n) is 4.98. The van der Waals surface area contributed by atoms with Gasteiger partial charge in [-0.05, 0) is 42.0 Å². The van der Waals surface area contributed by atoms with Crippen LogP contribution in [0.3, 0.4) is 0 Å². The van der Waals surface area contributed by atoms with E-state index in [9.17, 15) is 0 Å². The number of pyridine rings is 1. The first kappa shape index (κ1) is 25.6. The number of methoxy groups -OCH3 is 2. The fraction of sp³-hybridized carbons (Fsp3) is 0.267. The second-order valence-corrected chi connectivity index (χ2v) is 9.66. The normalized spacial score (nSPS) is 13.9. The molecule has 0 spiro atoms. The quantitative estimate of drug-likeness (QED) is 0.298. The lowest BCUT2D eigenvalue weighted by Crippen LogP contribution is -2.46. The van der Waals surface area contributed by atoms with Gasteiger partial charge in [-0.3, -0.25) is 9.88 Å². The maximum atomic E-state index is 5.46. The van der Waals surface area contributed by atoms with Crippen LogP contribution in [0.5, 0.6) is 11.5 Å². The van der Waals surface area contributed by atoms with Crippen molar-refractivity contribution in [3.8, 4) is 22.9 Å². The van der Waals surface area contributed by atoms with Gasteiger partial charge in [0, 0.05) is 74.7 Å². The molecule has 0 amide bonds. The Morgan fingerprint density at radius 2 is 1.70 bits per heavy atom. The molecule has 5 aromatic rings. The number of hydrogen-bond acceptors (Lipinski definition) is 9. The first-order chi connectivity index (χ1) is 19.7. The highest BCUT2D eigenvalue weighted by atomic mass is 16.5. The highest BCUT2D eigenvalue weighted by molar-refractivity contribution is 5.61. The van der Waals surface area contributed by atoms with E-state index in [1.807, 2.05) is 36.5 Å². The molecule has 1 aliphatic rings. The standard InChI is InChI=1S/C30H32N8O2/c1-39-26-11-10-22(17-27(26)40-2)18-32-30-33-20-24(29-34-28(35-38(29)30)23-7-6-12-31-19-23)21-36-13-15-37(16-14-36)25-8-4-3-5-9-25/h3-12,17,19-20H,13-16,18,21H2,1-2H3,(H,32,33). The van der Waals surface area contributed by atoms with Crippen LogP contribution in [0, 0.1) is 0 Å². The van der Waals surface area contributed by atoms with Crippen LogP contribution in [-0.2, 0) is 13.1 Å². The van der Waals surface area contributed by atoms with E-state index in [4.69, 9.17) is 24.5 Å². The van der Waals surface area contributed by atoms with Gasteiger partial charge in [0.25, 0.3) is 0 Å². The Morgan fingerprint density at radius 3 is 2.45 bits per heavy atom. The van der Waals surface area contributed by atoms with Crippen molar-refractivity contribution in [2.75, 3.05) is 50.6 Å². The average Bonchev–Trinajstić information content (AvgIpc) is 3.48. The summed E-state index contributed by atoms with van der Waals surface area (Å²) in [7, 11) is 3.27. The van der Waals surface area contributed by atoms with Crippen LogP contribution < -0.4 is 19.7 Å². The van der Waals surface area contributed by atoms with Crippen LogP contribution in [0.4, 0.5) is 11.6 Å². The molecule has 0 atom stereocenters. The minimum Gasteiger partial charge on any atom is -0.493 e. The number of anilines is 2. The van der Waals surface area contributed by atoms with Gasteiger partial charge in [-0.2, -0.15) is 4.52 Å². The van der Waals surface area contributed by atoms with E-state index in [1.165, 1.54) is 5.69 Å². The Bertz CT molecular complexity index is 1570. The average molecular weight is 537 g/mol. The van der Waals surface area contributed by atoms with Gasteiger partial charge in [0.2, 0.25) is 5.95 Å². The number of benzene rings is 2. The van der Waals surface area contributed by atoms with E-state index < -0.39 is 0 Å². The predicted molar refractivity (Wildman–Crippen MR) is 155 cm³/mol. The van der Waals surface area contributed by atoms with Gasteiger partial charge in [0.15, 0.2) is 23.0 Å². The van der Waals surface area contributed by atoms with E-state index in [0.717, 1.165) is 55.1 Å². The van der Waals surface area contributed by atoms with Crippen LogP contribution in [0.1, 0.15) is 11.1 Å². The van der Waals surface area contributed by atoms with Crippen LogP contribution in [-0.4, -0.2) is 69.9 Å². The summed E-state index contributed by atoms with van der Waals surface area (Å²) in [4.78, 5) is 18.8. The van der Waals surface area contributed by atoms with Crippen molar-refractivity contribution in [2.24, 2.45) is 0 Å². The molecule has 0 unspecified atom stereocenters. The van der Waals surface area contributed by atoms with Crippen molar-refractivity contribution in [2.45, 2.75) is 13.1 Å². The number of ether oxygens (including phenoxy) is 2. The van der Waals surface area contributed by atoms with E-state index in [0.29, 0.717) is 29.8 Å².